The van der Waals surface area contributed by atoms with Crippen LogP contribution in [-0.4, -0.2) is 31.1 Å². The van der Waals surface area contributed by atoms with Gasteiger partial charge in [0.2, 0.25) is 11.8 Å². The maximum absolute atomic E-state index is 13.6. The number of anilines is 1. The van der Waals surface area contributed by atoms with Crippen molar-refractivity contribution in [3.8, 4) is 28.5 Å². The average molecular weight is 452 g/mol. The predicted octanol–water partition coefficient (Wildman–Crippen LogP) is 4.84. The Hall–Kier alpha value is -4.33. The van der Waals surface area contributed by atoms with E-state index in [0.717, 1.165) is 46.4 Å². The Balaban J connectivity index is 1.41. The van der Waals surface area contributed by atoms with Crippen molar-refractivity contribution in [1.29, 1.82) is 0 Å². The van der Waals surface area contributed by atoms with E-state index in [1.165, 1.54) is 12.1 Å². The molecule has 8 heteroatoms. The molecule has 168 valence electrons. The number of imidazole rings is 1. The molecule has 0 spiro atoms. The predicted molar refractivity (Wildman–Crippen MR) is 128 cm³/mol. The molecule has 5 aromatic rings. The van der Waals surface area contributed by atoms with Gasteiger partial charge in [-0.3, -0.25) is 0 Å². The number of rotatable bonds is 5. The summed E-state index contributed by atoms with van der Waals surface area (Å²) in [5.41, 5.74) is 8.95. The van der Waals surface area contributed by atoms with Crippen LogP contribution in [0.15, 0.2) is 73.1 Å². The zero-order valence-electron chi connectivity index (χ0n) is 18.2. The van der Waals surface area contributed by atoms with Crippen LogP contribution in [-0.2, 0) is 6.42 Å². The highest BCUT2D eigenvalue weighted by Crippen LogP contribution is 2.39. The first-order chi connectivity index (χ1) is 16.7. The van der Waals surface area contributed by atoms with Gasteiger partial charge in [-0.15, -0.1) is 0 Å². The highest BCUT2D eigenvalue weighted by molar-refractivity contribution is 5.86. The van der Waals surface area contributed by atoms with Crippen molar-refractivity contribution in [1.82, 2.24) is 24.5 Å². The third kappa shape index (κ3) is 3.53. The van der Waals surface area contributed by atoms with Crippen LogP contribution in [0.1, 0.15) is 18.3 Å². The summed E-state index contributed by atoms with van der Waals surface area (Å²) in [6.45, 7) is 0.431. The summed E-state index contributed by atoms with van der Waals surface area (Å²) >= 11 is 0. The second-order valence-electron chi connectivity index (χ2n) is 8.24. The molecule has 0 saturated carbocycles. The smallest absolute Gasteiger partial charge is 0.221 e. The lowest BCUT2D eigenvalue weighted by Gasteiger charge is -2.18. The number of hydrogen-bond donors (Lipinski definition) is 1. The van der Waals surface area contributed by atoms with Crippen LogP contribution < -0.4 is 10.5 Å². The van der Waals surface area contributed by atoms with E-state index in [1.54, 1.807) is 24.5 Å². The maximum atomic E-state index is 13.6. The van der Waals surface area contributed by atoms with Gasteiger partial charge in [-0.1, -0.05) is 18.2 Å². The Bertz CT molecular complexity index is 1490. The van der Waals surface area contributed by atoms with Gasteiger partial charge in [0.05, 0.1) is 23.1 Å². The van der Waals surface area contributed by atoms with E-state index in [4.69, 9.17) is 15.5 Å². The minimum Gasteiger partial charge on any atom is -0.475 e. The number of nitrogens with two attached hydrogens (primary N) is 1. The molecule has 7 nitrogen and oxygen atoms in total. The van der Waals surface area contributed by atoms with E-state index in [1.807, 2.05) is 36.4 Å². The van der Waals surface area contributed by atoms with Crippen LogP contribution in [0.3, 0.4) is 0 Å². The van der Waals surface area contributed by atoms with Gasteiger partial charge in [0.15, 0.2) is 0 Å². The van der Waals surface area contributed by atoms with Crippen molar-refractivity contribution in [3.63, 3.8) is 0 Å². The summed E-state index contributed by atoms with van der Waals surface area (Å²) in [4.78, 5) is 17.9. The van der Waals surface area contributed by atoms with Crippen molar-refractivity contribution in [3.05, 3.63) is 84.7 Å². The topological polar surface area (TPSA) is 91.7 Å². The molecule has 6 rings (SSSR count). The summed E-state index contributed by atoms with van der Waals surface area (Å²) in [6, 6.07) is 18.2. The van der Waals surface area contributed by atoms with Crippen LogP contribution in [0.4, 0.5) is 10.3 Å². The number of halogens is 1. The molecular formula is C26H21FN6O. The molecule has 0 fully saturated rings. The van der Waals surface area contributed by atoms with E-state index in [0.29, 0.717) is 18.2 Å². The SMILES string of the molecule is Nc1nccc(-c2c(-c3ccc(F)cc3)nc3n2C(COc2nccc4ccccc24)CC3)n1. The van der Waals surface area contributed by atoms with Gasteiger partial charge in [0.25, 0.3) is 0 Å². The number of ether oxygens (including phenoxy) is 1. The van der Waals surface area contributed by atoms with E-state index in [9.17, 15) is 4.39 Å². The van der Waals surface area contributed by atoms with E-state index < -0.39 is 0 Å². The largest absolute Gasteiger partial charge is 0.475 e. The van der Waals surface area contributed by atoms with Gasteiger partial charge in [-0.25, -0.2) is 24.3 Å². The van der Waals surface area contributed by atoms with Gasteiger partial charge in [-0.2, -0.15) is 0 Å². The number of fused-ring (bicyclic) bond motifs is 2. The van der Waals surface area contributed by atoms with Gasteiger partial charge in [-0.05, 0) is 54.3 Å². The average Bonchev–Trinajstić information content (AvgIpc) is 3.43. The zero-order valence-corrected chi connectivity index (χ0v) is 18.2. The van der Waals surface area contributed by atoms with Gasteiger partial charge < -0.3 is 15.0 Å². The third-order valence-corrected chi connectivity index (χ3v) is 6.13. The molecular weight excluding hydrogens is 431 g/mol. The fourth-order valence-electron chi connectivity index (χ4n) is 4.57. The van der Waals surface area contributed by atoms with Crippen LogP contribution >= 0.6 is 0 Å². The summed E-state index contributed by atoms with van der Waals surface area (Å²) in [6.07, 6.45) is 5.07. The minimum absolute atomic E-state index is 0.0312. The molecule has 2 aromatic carbocycles. The highest BCUT2D eigenvalue weighted by atomic mass is 19.1. The first-order valence-corrected chi connectivity index (χ1v) is 11.1. The lowest BCUT2D eigenvalue weighted by atomic mass is 10.1. The molecule has 4 heterocycles. The summed E-state index contributed by atoms with van der Waals surface area (Å²) < 4.78 is 22.0. The summed E-state index contributed by atoms with van der Waals surface area (Å²) in [5, 5.41) is 2.06. The van der Waals surface area contributed by atoms with E-state index >= 15 is 0 Å². The third-order valence-electron chi connectivity index (χ3n) is 6.13. The number of aryl methyl sites for hydroxylation is 1. The van der Waals surface area contributed by atoms with Gasteiger partial charge in [0, 0.05) is 29.8 Å². The van der Waals surface area contributed by atoms with Crippen molar-refractivity contribution >= 4 is 16.7 Å². The quantitative estimate of drug-likeness (QED) is 0.410. The van der Waals surface area contributed by atoms with Crippen LogP contribution in [0.25, 0.3) is 33.4 Å². The molecule has 1 unspecified atom stereocenters. The lowest BCUT2D eigenvalue weighted by molar-refractivity contribution is 0.250. The maximum Gasteiger partial charge on any atom is 0.221 e. The number of benzene rings is 2. The molecule has 0 radical (unpaired) electrons. The summed E-state index contributed by atoms with van der Waals surface area (Å²) in [5.74, 6) is 1.44. The molecule has 0 aliphatic carbocycles. The van der Waals surface area contributed by atoms with Crippen molar-refractivity contribution in [2.75, 3.05) is 12.3 Å². The van der Waals surface area contributed by atoms with Crippen LogP contribution in [0.2, 0.25) is 0 Å². The molecule has 0 amide bonds. The second kappa shape index (κ2) is 8.22. The molecule has 0 bridgehead atoms. The Morgan fingerprint density at radius 3 is 2.65 bits per heavy atom. The lowest BCUT2D eigenvalue weighted by Crippen LogP contribution is -2.16. The summed E-state index contributed by atoms with van der Waals surface area (Å²) in [7, 11) is 0. The standard InChI is InChI=1S/C26H21FN6O/c27-18-7-5-17(6-8-18)23-24(21-12-14-30-26(28)31-21)33-19(9-10-22(33)32-23)15-34-25-20-4-2-1-3-16(20)11-13-29-25/h1-8,11-14,19H,9-10,15H2,(H2,28,30,31). The highest BCUT2D eigenvalue weighted by Gasteiger charge is 2.31. The first kappa shape index (κ1) is 20.3. The molecule has 0 saturated heterocycles. The Morgan fingerprint density at radius 1 is 0.971 bits per heavy atom. The molecule has 2 N–H and O–H groups in total. The number of nitrogens with zero attached hydrogens (tertiary/aromatic N) is 5. The van der Waals surface area contributed by atoms with E-state index in [2.05, 4.69) is 19.5 Å². The second-order valence-corrected chi connectivity index (χ2v) is 8.24. The number of pyridine rings is 1. The number of nitrogen functional groups attached to an aromatic ring is 1. The fraction of sp³-hybridized carbons (Fsp3) is 0.154. The van der Waals surface area contributed by atoms with E-state index in [-0.39, 0.29) is 17.8 Å². The monoisotopic (exact) mass is 452 g/mol. The number of hydrogen-bond acceptors (Lipinski definition) is 6. The molecule has 34 heavy (non-hydrogen) atoms. The molecule has 1 aliphatic rings. The molecule has 1 aliphatic heterocycles. The Kier molecular flexibility index (Phi) is 4.91. The first-order valence-electron chi connectivity index (χ1n) is 11.1. The minimum atomic E-state index is -0.294. The van der Waals surface area contributed by atoms with Crippen LogP contribution in [0, 0.1) is 5.82 Å². The van der Waals surface area contributed by atoms with Crippen molar-refractivity contribution in [2.24, 2.45) is 0 Å². The normalized spacial score (nSPS) is 14.9. The zero-order chi connectivity index (χ0) is 23.1. The Labute approximate surface area is 195 Å². The van der Waals surface area contributed by atoms with Crippen molar-refractivity contribution < 1.29 is 9.13 Å². The van der Waals surface area contributed by atoms with Gasteiger partial charge >= 0.3 is 0 Å². The Morgan fingerprint density at radius 2 is 1.79 bits per heavy atom. The fourth-order valence-corrected chi connectivity index (χ4v) is 4.57. The van der Waals surface area contributed by atoms with Crippen molar-refractivity contribution in [2.45, 2.75) is 18.9 Å². The molecule has 1 atom stereocenters. The van der Waals surface area contributed by atoms with Gasteiger partial charge in [0.1, 0.15) is 18.2 Å². The molecule has 3 aromatic heterocycles. The van der Waals surface area contributed by atoms with Crippen LogP contribution in [0.5, 0.6) is 5.88 Å². The number of aromatic nitrogens is 5.